The second-order valence-corrected chi connectivity index (χ2v) is 5.57. The number of anilines is 1. The highest BCUT2D eigenvalue weighted by molar-refractivity contribution is 7.16. The average molecular weight is 264 g/mol. The van der Waals surface area contributed by atoms with Crippen LogP contribution >= 0.6 is 11.3 Å². The molecule has 2 heterocycles. The lowest BCUT2D eigenvalue weighted by Gasteiger charge is -2.14. The van der Waals surface area contributed by atoms with Crippen molar-refractivity contribution in [2.75, 3.05) is 11.5 Å². The van der Waals surface area contributed by atoms with Gasteiger partial charge in [-0.3, -0.25) is 9.59 Å². The first-order valence-electron chi connectivity index (χ1n) is 5.38. The molecule has 0 spiro atoms. The molecule has 2 rings (SSSR count). The summed E-state index contributed by atoms with van der Waals surface area (Å²) in [5.41, 5.74) is -0.667. The Kier molecular flexibility index (Phi) is 3.20. The van der Waals surface area contributed by atoms with E-state index in [1.807, 2.05) is 0 Å². The Morgan fingerprint density at radius 1 is 1.56 bits per heavy atom. The lowest BCUT2D eigenvalue weighted by Crippen LogP contribution is -2.32. The van der Waals surface area contributed by atoms with Gasteiger partial charge in [-0.05, 0) is 0 Å². The molecular formula is C12H12N2O3S. The summed E-state index contributed by atoms with van der Waals surface area (Å²) in [6.45, 7) is 3.25. The number of carbonyl (C=O) groups excluding carboxylic acids is 2. The summed E-state index contributed by atoms with van der Waals surface area (Å²) in [6.07, 6.45) is 1.69. The Hall–Kier alpha value is -1.71. The van der Waals surface area contributed by atoms with Gasteiger partial charge in [0.2, 0.25) is 11.8 Å². The minimum Gasteiger partial charge on any atom is -0.384 e. The number of aliphatic hydroxyl groups excluding tert-OH is 1. The maximum atomic E-state index is 12.1. The molecule has 1 saturated heterocycles. The van der Waals surface area contributed by atoms with E-state index in [1.165, 1.54) is 17.5 Å². The van der Waals surface area contributed by atoms with Crippen LogP contribution in [0.2, 0.25) is 0 Å². The predicted octanol–water partition coefficient (Wildman–Crippen LogP) is 0.776. The molecule has 0 radical (unpaired) electrons. The Balaban J connectivity index is 2.30. The van der Waals surface area contributed by atoms with Gasteiger partial charge in [-0.25, -0.2) is 9.88 Å². The number of amides is 2. The number of aliphatic hydroxyl groups is 1. The largest absolute Gasteiger partial charge is 0.384 e. The molecule has 94 valence electrons. The Morgan fingerprint density at radius 3 is 2.83 bits per heavy atom. The highest BCUT2D eigenvalue weighted by atomic mass is 32.1. The third-order valence-corrected chi connectivity index (χ3v) is 3.50. The summed E-state index contributed by atoms with van der Waals surface area (Å²) in [7, 11) is 0. The number of aromatic nitrogens is 1. The molecule has 1 fully saturated rings. The van der Waals surface area contributed by atoms with Crippen LogP contribution in [-0.2, 0) is 9.59 Å². The van der Waals surface area contributed by atoms with Gasteiger partial charge in [-0.15, -0.1) is 0 Å². The van der Waals surface area contributed by atoms with Gasteiger partial charge in [0, 0.05) is 6.42 Å². The topological polar surface area (TPSA) is 70.5 Å². The zero-order valence-electron chi connectivity index (χ0n) is 10.1. The molecule has 1 aliphatic rings. The second-order valence-electron chi connectivity index (χ2n) is 4.56. The van der Waals surface area contributed by atoms with E-state index in [0.29, 0.717) is 10.0 Å². The maximum Gasteiger partial charge on any atom is 0.241 e. The average Bonchev–Trinajstić information content (AvgIpc) is 2.81. The van der Waals surface area contributed by atoms with Crippen LogP contribution in [0.3, 0.4) is 0 Å². The van der Waals surface area contributed by atoms with E-state index in [4.69, 9.17) is 5.11 Å². The van der Waals surface area contributed by atoms with Gasteiger partial charge in [-0.1, -0.05) is 37.0 Å². The van der Waals surface area contributed by atoms with Crippen molar-refractivity contribution in [1.29, 1.82) is 0 Å². The van der Waals surface area contributed by atoms with E-state index in [0.717, 1.165) is 4.90 Å². The SMILES string of the molecule is CC1(C)CC(=O)N(c2ncc(C#CCO)s2)C1=O. The molecule has 1 N–H and O–H groups in total. The summed E-state index contributed by atoms with van der Waals surface area (Å²) in [5, 5.41) is 8.94. The number of imide groups is 1. The van der Waals surface area contributed by atoms with Crippen molar-refractivity contribution < 1.29 is 14.7 Å². The van der Waals surface area contributed by atoms with Gasteiger partial charge in [-0.2, -0.15) is 0 Å². The van der Waals surface area contributed by atoms with Gasteiger partial charge in [0.05, 0.1) is 16.5 Å². The van der Waals surface area contributed by atoms with Crippen molar-refractivity contribution in [2.45, 2.75) is 20.3 Å². The third kappa shape index (κ3) is 2.15. The van der Waals surface area contributed by atoms with Crippen molar-refractivity contribution in [2.24, 2.45) is 5.41 Å². The molecule has 0 bridgehead atoms. The van der Waals surface area contributed by atoms with Gasteiger partial charge in [0.1, 0.15) is 6.61 Å². The Morgan fingerprint density at radius 2 is 2.28 bits per heavy atom. The number of hydrogen-bond donors (Lipinski definition) is 1. The van der Waals surface area contributed by atoms with Crippen molar-refractivity contribution in [3.63, 3.8) is 0 Å². The monoisotopic (exact) mass is 264 g/mol. The second kappa shape index (κ2) is 4.52. The minimum atomic E-state index is -0.667. The fourth-order valence-corrected chi connectivity index (χ4v) is 2.50. The summed E-state index contributed by atoms with van der Waals surface area (Å²) in [6, 6.07) is 0. The Bertz CT molecular complexity index is 565. The van der Waals surface area contributed by atoms with E-state index < -0.39 is 5.41 Å². The summed E-state index contributed by atoms with van der Waals surface area (Å²) in [4.78, 5) is 29.6. The number of thiazole rings is 1. The summed E-state index contributed by atoms with van der Waals surface area (Å²) < 4.78 is 0. The smallest absolute Gasteiger partial charge is 0.241 e. The van der Waals surface area contributed by atoms with Crippen LogP contribution in [0.5, 0.6) is 0 Å². The van der Waals surface area contributed by atoms with Crippen molar-refractivity contribution in [3.8, 4) is 11.8 Å². The zero-order chi connectivity index (χ0) is 13.3. The molecule has 0 atom stereocenters. The quantitative estimate of drug-likeness (QED) is 0.601. The minimum absolute atomic E-state index is 0.197. The number of nitrogens with zero attached hydrogens (tertiary/aromatic N) is 2. The fourth-order valence-electron chi connectivity index (χ4n) is 1.69. The first-order chi connectivity index (χ1) is 8.45. The molecule has 1 aliphatic heterocycles. The van der Waals surface area contributed by atoms with Crippen LogP contribution in [0.25, 0.3) is 0 Å². The van der Waals surface area contributed by atoms with Crippen molar-refractivity contribution in [1.82, 2.24) is 4.98 Å². The normalized spacial score (nSPS) is 17.8. The van der Waals surface area contributed by atoms with Crippen molar-refractivity contribution in [3.05, 3.63) is 11.1 Å². The standard InChI is InChI=1S/C12H12N2O3S/c1-12(2)6-9(16)14(10(12)17)11-13-7-8(18-11)4-3-5-15/h7,15H,5-6H2,1-2H3. The van der Waals surface area contributed by atoms with Crippen LogP contribution in [0, 0.1) is 17.3 Å². The van der Waals surface area contributed by atoms with Crippen LogP contribution in [0.15, 0.2) is 6.20 Å². The lowest BCUT2D eigenvalue weighted by molar-refractivity contribution is -0.124. The molecule has 0 saturated carbocycles. The molecule has 0 aliphatic carbocycles. The van der Waals surface area contributed by atoms with Crippen LogP contribution in [0.1, 0.15) is 25.1 Å². The van der Waals surface area contributed by atoms with Gasteiger partial charge in [0.15, 0.2) is 5.13 Å². The van der Waals surface area contributed by atoms with Crippen LogP contribution in [-0.4, -0.2) is 28.5 Å². The number of hydrogen-bond acceptors (Lipinski definition) is 5. The van der Waals surface area contributed by atoms with Gasteiger partial charge in [0.25, 0.3) is 0 Å². The predicted molar refractivity (Wildman–Crippen MR) is 67.0 cm³/mol. The van der Waals surface area contributed by atoms with E-state index in [2.05, 4.69) is 16.8 Å². The molecular weight excluding hydrogens is 252 g/mol. The van der Waals surface area contributed by atoms with E-state index >= 15 is 0 Å². The molecule has 5 nitrogen and oxygen atoms in total. The third-order valence-electron chi connectivity index (χ3n) is 2.60. The van der Waals surface area contributed by atoms with E-state index in [9.17, 15) is 9.59 Å². The Labute approximate surface area is 108 Å². The highest BCUT2D eigenvalue weighted by Gasteiger charge is 2.46. The van der Waals surface area contributed by atoms with Crippen LogP contribution < -0.4 is 4.90 Å². The first-order valence-corrected chi connectivity index (χ1v) is 6.20. The molecule has 0 aromatic carbocycles. The molecule has 6 heteroatoms. The molecule has 1 aromatic heterocycles. The van der Waals surface area contributed by atoms with Crippen LogP contribution in [0.4, 0.5) is 5.13 Å². The number of rotatable bonds is 1. The molecule has 1 aromatic rings. The van der Waals surface area contributed by atoms with E-state index in [1.54, 1.807) is 13.8 Å². The summed E-state index contributed by atoms with van der Waals surface area (Å²) in [5.74, 6) is 4.72. The first kappa shape index (κ1) is 12.7. The highest BCUT2D eigenvalue weighted by Crippen LogP contribution is 2.36. The molecule has 0 unspecified atom stereocenters. The maximum absolute atomic E-state index is 12.1. The zero-order valence-corrected chi connectivity index (χ0v) is 10.9. The van der Waals surface area contributed by atoms with E-state index in [-0.39, 0.29) is 24.8 Å². The van der Waals surface area contributed by atoms with Gasteiger partial charge < -0.3 is 5.11 Å². The molecule has 2 amide bonds. The number of carbonyl (C=O) groups is 2. The van der Waals surface area contributed by atoms with Crippen molar-refractivity contribution >= 4 is 28.3 Å². The van der Waals surface area contributed by atoms with Gasteiger partial charge >= 0.3 is 0 Å². The lowest BCUT2D eigenvalue weighted by atomic mass is 9.92. The molecule has 18 heavy (non-hydrogen) atoms. The summed E-state index contributed by atoms with van der Waals surface area (Å²) >= 11 is 1.17. The fraction of sp³-hybridized carbons (Fsp3) is 0.417.